The highest BCUT2D eigenvalue weighted by Crippen LogP contribution is 2.15. The Morgan fingerprint density at radius 2 is 2.00 bits per heavy atom. The number of unbranched alkanes of at least 4 members (excludes halogenated alkanes) is 1. The van der Waals surface area contributed by atoms with Crippen LogP contribution in [-0.4, -0.2) is 21.6 Å². The summed E-state index contributed by atoms with van der Waals surface area (Å²) in [5.41, 5.74) is 2.02. The van der Waals surface area contributed by atoms with Crippen molar-refractivity contribution in [1.82, 2.24) is 15.0 Å². The molecule has 0 aliphatic rings. The van der Waals surface area contributed by atoms with E-state index >= 15 is 0 Å². The Labute approximate surface area is 101 Å². The van der Waals surface area contributed by atoms with Gasteiger partial charge in [-0.25, -0.2) is 4.68 Å². The fourth-order valence-corrected chi connectivity index (χ4v) is 1.56. The minimum absolute atomic E-state index is 0.776. The van der Waals surface area contributed by atoms with Crippen LogP contribution in [0.25, 0.3) is 5.69 Å². The third-order valence-electron chi connectivity index (χ3n) is 2.57. The molecule has 1 heterocycles. The van der Waals surface area contributed by atoms with Gasteiger partial charge in [0.25, 0.3) is 0 Å². The zero-order valence-electron chi connectivity index (χ0n) is 10.3. The van der Waals surface area contributed by atoms with Gasteiger partial charge in [-0.05, 0) is 37.6 Å². The molecular formula is C13H17N3O. The van der Waals surface area contributed by atoms with Gasteiger partial charge in [0.2, 0.25) is 0 Å². The number of hydrogen-bond acceptors (Lipinski definition) is 3. The molecule has 1 aromatic carbocycles. The number of rotatable bonds is 5. The second-order valence-electron chi connectivity index (χ2n) is 3.98. The van der Waals surface area contributed by atoms with Crippen LogP contribution in [-0.2, 0) is 0 Å². The van der Waals surface area contributed by atoms with Crippen LogP contribution in [0.15, 0.2) is 30.5 Å². The zero-order valence-corrected chi connectivity index (χ0v) is 10.3. The van der Waals surface area contributed by atoms with E-state index < -0.39 is 0 Å². The largest absolute Gasteiger partial charge is 0.494 e. The van der Waals surface area contributed by atoms with Crippen LogP contribution in [0.1, 0.15) is 25.5 Å². The summed E-state index contributed by atoms with van der Waals surface area (Å²) in [6, 6.07) is 7.91. The SMILES string of the molecule is CCCCOc1ccc(-n2nncc2C)cc1. The maximum Gasteiger partial charge on any atom is 0.119 e. The smallest absolute Gasteiger partial charge is 0.119 e. The zero-order chi connectivity index (χ0) is 12.1. The quantitative estimate of drug-likeness (QED) is 0.743. The van der Waals surface area contributed by atoms with Gasteiger partial charge in [-0.2, -0.15) is 0 Å². The Balaban J connectivity index is 2.06. The molecule has 0 N–H and O–H groups in total. The molecule has 2 rings (SSSR count). The number of ether oxygens (including phenoxy) is 1. The Kier molecular flexibility index (Phi) is 3.75. The number of hydrogen-bond donors (Lipinski definition) is 0. The van der Waals surface area contributed by atoms with Crippen LogP contribution in [0.4, 0.5) is 0 Å². The van der Waals surface area contributed by atoms with E-state index in [0.717, 1.165) is 36.6 Å². The summed E-state index contributed by atoms with van der Waals surface area (Å²) in [6.45, 7) is 4.91. The van der Waals surface area contributed by atoms with Gasteiger partial charge in [-0.1, -0.05) is 18.6 Å². The summed E-state index contributed by atoms with van der Waals surface area (Å²) >= 11 is 0. The molecule has 0 aliphatic carbocycles. The molecule has 0 amide bonds. The number of aromatic nitrogens is 3. The lowest BCUT2D eigenvalue weighted by atomic mass is 10.3. The minimum atomic E-state index is 0.776. The highest BCUT2D eigenvalue weighted by atomic mass is 16.5. The second kappa shape index (κ2) is 5.48. The van der Waals surface area contributed by atoms with Gasteiger partial charge >= 0.3 is 0 Å². The van der Waals surface area contributed by atoms with Gasteiger partial charge in [0.05, 0.1) is 24.2 Å². The van der Waals surface area contributed by atoms with E-state index in [9.17, 15) is 0 Å². The first-order valence-corrected chi connectivity index (χ1v) is 5.92. The lowest BCUT2D eigenvalue weighted by Crippen LogP contribution is -2.00. The lowest BCUT2D eigenvalue weighted by Gasteiger charge is -2.07. The molecule has 0 spiro atoms. The predicted molar refractivity (Wildman–Crippen MR) is 66.5 cm³/mol. The number of aryl methyl sites for hydroxylation is 1. The highest BCUT2D eigenvalue weighted by Gasteiger charge is 2.01. The van der Waals surface area contributed by atoms with Crippen molar-refractivity contribution >= 4 is 0 Å². The van der Waals surface area contributed by atoms with Gasteiger partial charge in [0.1, 0.15) is 5.75 Å². The van der Waals surface area contributed by atoms with Crippen molar-refractivity contribution < 1.29 is 4.74 Å². The Bertz CT molecular complexity index is 462. The van der Waals surface area contributed by atoms with Crippen molar-refractivity contribution in [2.24, 2.45) is 0 Å². The molecule has 0 atom stereocenters. The molecular weight excluding hydrogens is 214 g/mol. The van der Waals surface area contributed by atoms with Crippen LogP contribution < -0.4 is 4.74 Å². The molecule has 0 unspecified atom stereocenters. The Morgan fingerprint density at radius 3 is 2.59 bits per heavy atom. The molecule has 1 aromatic heterocycles. The van der Waals surface area contributed by atoms with Gasteiger partial charge < -0.3 is 4.74 Å². The first-order valence-electron chi connectivity index (χ1n) is 5.92. The monoisotopic (exact) mass is 231 g/mol. The second-order valence-corrected chi connectivity index (χ2v) is 3.98. The molecule has 90 valence electrons. The first kappa shape index (κ1) is 11.6. The summed E-state index contributed by atoms with van der Waals surface area (Å²) in [5, 5.41) is 7.88. The minimum Gasteiger partial charge on any atom is -0.494 e. The molecule has 0 fully saturated rings. The van der Waals surface area contributed by atoms with Gasteiger partial charge in [0.15, 0.2) is 0 Å². The van der Waals surface area contributed by atoms with E-state index in [0.29, 0.717) is 0 Å². The average Bonchev–Trinajstić information content (AvgIpc) is 2.77. The summed E-state index contributed by atoms with van der Waals surface area (Å²) in [4.78, 5) is 0. The molecule has 0 saturated carbocycles. The molecule has 0 aliphatic heterocycles. The third kappa shape index (κ3) is 2.84. The van der Waals surface area contributed by atoms with E-state index in [1.165, 1.54) is 0 Å². The standard InChI is InChI=1S/C13H17N3O/c1-3-4-9-17-13-7-5-12(6-8-13)16-11(2)10-14-15-16/h5-8,10H,3-4,9H2,1-2H3. The van der Waals surface area contributed by atoms with Crippen molar-refractivity contribution in [3.63, 3.8) is 0 Å². The normalized spacial score (nSPS) is 10.5. The Hall–Kier alpha value is -1.84. The predicted octanol–water partition coefficient (Wildman–Crippen LogP) is 2.75. The van der Waals surface area contributed by atoms with Crippen LogP contribution in [0.3, 0.4) is 0 Å². The summed E-state index contributed by atoms with van der Waals surface area (Å²) in [7, 11) is 0. The van der Waals surface area contributed by atoms with E-state index in [4.69, 9.17) is 4.74 Å². The molecule has 0 saturated heterocycles. The average molecular weight is 231 g/mol. The van der Waals surface area contributed by atoms with Crippen molar-refractivity contribution in [3.05, 3.63) is 36.2 Å². The van der Waals surface area contributed by atoms with Crippen molar-refractivity contribution in [2.45, 2.75) is 26.7 Å². The van der Waals surface area contributed by atoms with E-state index in [1.807, 2.05) is 31.2 Å². The summed E-state index contributed by atoms with van der Waals surface area (Å²) in [5.74, 6) is 0.903. The maximum absolute atomic E-state index is 5.60. The van der Waals surface area contributed by atoms with E-state index in [1.54, 1.807) is 10.9 Å². The van der Waals surface area contributed by atoms with Crippen molar-refractivity contribution in [2.75, 3.05) is 6.61 Å². The maximum atomic E-state index is 5.60. The molecule has 17 heavy (non-hydrogen) atoms. The van der Waals surface area contributed by atoms with Gasteiger partial charge in [-0.3, -0.25) is 0 Å². The number of benzene rings is 1. The Morgan fingerprint density at radius 1 is 1.24 bits per heavy atom. The molecule has 0 bridgehead atoms. The van der Waals surface area contributed by atoms with Crippen molar-refractivity contribution in [3.8, 4) is 11.4 Å². The highest BCUT2D eigenvalue weighted by molar-refractivity contribution is 5.37. The molecule has 4 heteroatoms. The van der Waals surface area contributed by atoms with Crippen molar-refractivity contribution in [1.29, 1.82) is 0 Å². The van der Waals surface area contributed by atoms with Gasteiger partial charge in [0, 0.05) is 0 Å². The van der Waals surface area contributed by atoms with Gasteiger partial charge in [-0.15, -0.1) is 5.10 Å². The van der Waals surface area contributed by atoms with Crippen LogP contribution >= 0.6 is 0 Å². The number of nitrogens with zero attached hydrogens (tertiary/aromatic N) is 3. The van der Waals surface area contributed by atoms with E-state index in [-0.39, 0.29) is 0 Å². The van der Waals surface area contributed by atoms with E-state index in [2.05, 4.69) is 17.2 Å². The fourth-order valence-electron chi connectivity index (χ4n) is 1.56. The summed E-state index contributed by atoms with van der Waals surface area (Å²) in [6.07, 6.45) is 3.98. The third-order valence-corrected chi connectivity index (χ3v) is 2.57. The topological polar surface area (TPSA) is 39.9 Å². The molecule has 4 nitrogen and oxygen atoms in total. The van der Waals surface area contributed by atoms with Crippen LogP contribution in [0, 0.1) is 6.92 Å². The fraction of sp³-hybridized carbons (Fsp3) is 0.385. The molecule has 0 radical (unpaired) electrons. The summed E-state index contributed by atoms with van der Waals surface area (Å²) < 4.78 is 7.41. The first-order chi connectivity index (χ1) is 8.31. The molecule has 2 aromatic rings. The lowest BCUT2D eigenvalue weighted by molar-refractivity contribution is 0.309. The van der Waals surface area contributed by atoms with Crippen LogP contribution in [0.5, 0.6) is 5.75 Å². The van der Waals surface area contributed by atoms with Crippen LogP contribution in [0.2, 0.25) is 0 Å².